The standard InChI is InChI=1S/C13H15NO3/c1-4-9-5-6-10(8-14)11(13(9)17-3)7-12(15)16-2/h5-6H,4,7H2,1-3H3. The molecule has 0 spiro atoms. The number of benzene rings is 1. The molecule has 0 aliphatic carbocycles. The SMILES string of the molecule is CCc1ccc(C#N)c(CC(=O)OC)c1OC. The summed E-state index contributed by atoms with van der Waals surface area (Å²) >= 11 is 0. The molecule has 4 heteroatoms. The Kier molecular flexibility index (Phi) is 4.53. The van der Waals surface area contributed by atoms with Crippen molar-refractivity contribution in [3.05, 3.63) is 28.8 Å². The zero-order chi connectivity index (χ0) is 12.8. The summed E-state index contributed by atoms with van der Waals surface area (Å²) in [7, 11) is 2.86. The number of ether oxygens (including phenoxy) is 2. The van der Waals surface area contributed by atoms with E-state index in [2.05, 4.69) is 10.8 Å². The molecular formula is C13H15NO3. The lowest BCUT2D eigenvalue weighted by Gasteiger charge is -2.13. The summed E-state index contributed by atoms with van der Waals surface area (Å²) in [6, 6.07) is 5.62. The number of carbonyl (C=O) groups is 1. The Morgan fingerprint density at radius 1 is 1.41 bits per heavy atom. The smallest absolute Gasteiger partial charge is 0.310 e. The third kappa shape index (κ3) is 2.76. The lowest BCUT2D eigenvalue weighted by Crippen LogP contribution is -2.09. The molecule has 0 atom stereocenters. The maximum atomic E-state index is 11.3. The number of esters is 1. The fourth-order valence-electron chi connectivity index (χ4n) is 1.71. The van der Waals surface area contributed by atoms with Gasteiger partial charge in [-0.05, 0) is 18.1 Å². The van der Waals surface area contributed by atoms with Crippen LogP contribution < -0.4 is 4.74 Å². The minimum absolute atomic E-state index is 0.0520. The molecule has 0 aromatic heterocycles. The molecule has 0 N–H and O–H groups in total. The Balaban J connectivity index is 3.31. The van der Waals surface area contributed by atoms with Gasteiger partial charge in [-0.1, -0.05) is 13.0 Å². The van der Waals surface area contributed by atoms with Gasteiger partial charge < -0.3 is 9.47 Å². The largest absolute Gasteiger partial charge is 0.496 e. The molecule has 17 heavy (non-hydrogen) atoms. The van der Waals surface area contributed by atoms with Gasteiger partial charge in [0.2, 0.25) is 0 Å². The van der Waals surface area contributed by atoms with Gasteiger partial charge in [-0.2, -0.15) is 5.26 Å². The first-order valence-corrected chi connectivity index (χ1v) is 5.33. The second-order valence-electron chi connectivity index (χ2n) is 3.50. The van der Waals surface area contributed by atoms with Gasteiger partial charge in [0, 0.05) is 5.56 Å². The summed E-state index contributed by atoms with van der Waals surface area (Å²) in [5.74, 6) is 0.227. The summed E-state index contributed by atoms with van der Waals surface area (Å²) in [6.07, 6.45) is 0.833. The van der Waals surface area contributed by atoms with E-state index in [4.69, 9.17) is 10.00 Å². The van der Waals surface area contributed by atoms with Crippen molar-refractivity contribution in [1.82, 2.24) is 0 Å². The van der Waals surface area contributed by atoms with Gasteiger partial charge in [-0.3, -0.25) is 4.79 Å². The highest BCUT2D eigenvalue weighted by atomic mass is 16.5. The van der Waals surface area contributed by atoms with Crippen molar-refractivity contribution in [1.29, 1.82) is 5.26 Å². The van der Waals surface area contributed by atoms with Crippen molar-refractivity contribution in [3.63, 3.8) is 0 Å². The van der Waals surface area contributed by atoms with Crippen molar-refractivity contribution in [3.8, 4) is 11.8 Å². The number of hydrogen-bond acceptors (Lipinski definition) is 4. The third-order valence-electron chi connectivity index (χ3n) is 2.60. The lowest BCUT2D eigenvalue weighted by atomic mass is 9.99. The van der Waals surface area contributed by atoms with Gasteiger partial charge in [-0.15, -0.1) is 0 Å². The van der Waals surface area contributed by atoms with Crippen molar-refractivity contribution < 1.29 is 14.3 Å². The topological polar surface area (TPSA) is 59.3 Å². The van der Waals surface area contributed by atoms with Crippen LogP contribution in [0.3, 0.4) is 0 Å². The Hall–Kier alpha value is -2.02. The molecule has 0 amide bonds. The molecule has 0 aliphatic rings. The molecule has 1 rings (SSSR count). The average Bonchev–Trinajstić information content (AvgIpc) is 2.37. The number of nitriles is 1. The maximum Gasteiger partial charge on any atom is 0.310 e. The maximum absolute atomic E-state index is 11.3. The van der Waals surface area contributed by atoms with Crippen LogP contribution in [0.2, 0.25) is 0 Å². The quantitative estimate of drug-likeness (QED) is 0.744. The van der Waals surface area contributed by atoms with Gasteiger partial charge in [0.1, 0.15) is 5.75 Å². The van der Waals surface area contributed by atoms with Crippen LogP contribution in [0.15, 0.2) is 12.1 Å². The fourth-order valence-corrected chi connectivity index (χ4v) is 1.71. The van der Waals surface area contributed by atoms with Crippen LogP contribution in [0.1, 0.15) is 23.6 Å². The number of aryl methyl sites for hydroxylation is 1. The van der Waals surface area contributed by atoms with Crippen LogP contribution in [0.25, 0.3) is 0 Å². The minimum Gasteiger partial charge on any atom is -0.496 e. The summed E-state index contributed by atoms with van der Waals surface area (Å²) < 4.78 is 9.92. The van der Waals surface area contributed by atoms with E-state index >= 15 is 0 Å². The van der Waals surface area contributed by atoms with E-state index in [0.717, 1.165) is 12.0 Å². The highest BCUT2D eigenvalue weighted by Crippen LogP contribution is 2.28. The Bertz CT molecular complexity index is 460. The van der Waals surface area contributed by atoms with E-state index in [1.54, 1.807) is 6.07 Å². The highest BCUT2D eigenvalue weighted by Gasteiger charge is 2.16. The van der Waals surface area contributed by atoms with E-state index in [0.29, 0.717) is 16.9 Å². The molecule has 1 aromatic carbocycles. The number of carbonyl (C=O) groups excluding carboxylic acids is 1. The van der Waals surface area contributed by atoms with Crippen molar-refractivity contribution in [2.75, 3.05) is 14.2 Å². The number of methoxy groups -OCH3 is 2. The lowest BCUT2D eigenvalue weighted by molar-refractivity contribution is -0.139. The predicted octanol–water partition coefficient (Wildman–Crippen LogP) is 1.84. The molecule has 1 aromatic rings. The molecule has 0 unspecified atom stereocenters. The zero-order valence-corrected chi connectivity index (χ0v) is 10.2. The second-order valence-corrected chi connectivity index (χ2v) is 3.50. The molecule has 4 nitrogen and oxygen atoms in total. The van der Waals surface area contributed by atoms with Crippen LogP contribution in [-0.4, -0.2) is 20.2 Å². The van der Waals surface area contributed by atoms with Crippen LogP contribution >= 0.6 is 0 Å². The van der Waals surface area contributed by atoms with Gasteiger partial charge >= 0.3 is 5.97 Å². The Morgan fingerprint density at radius 3 is 2.59 bits per heavy atom. The van der Waals surface area contributed by atoms with E-state index in [9.17, 15) is 4.79 Å². The zero-order valence-electron chi connectivity index (χ0n) is 10.2. The number of nitrogens with zero attached hydrogens (tertiary/aromatic N) is 1. The van der Waals surface area contributed by atoms with E-state index in [-0.39, 0.29) is 12.4 Å². The normalized spacial score (nSPS) is 9.53. The molecule has 0 saturated heterocycles. The second kappa shape index (κ2) is 5.90. The molecule has 0 radical (unpaired) electrons. The van der Waals surface area contributed by atoms with Gasteiger partial charge in [0.05, 0.1) is 32.3 Å². The van der Waals surface area contributed by atoms with E-state index in [1.165, 1.54) is 14.2 Å². The summed E-state index contributed by atoms with van der Waals surface area (Å²) in [5, 5.41) is 9.03. The fraction of sp³-hybridized carbons (Fsp3) is 0.385. The molecule has 0 fully saturated rings. The minimum atomic E-state index is -0.381. The summed E-state index contributed by atoms with van der Waals surface area (Å²) in [5.41, 5.74) is 2.02. The molecule has 0 heterocycles. The van der Waals surface area contributed by atoms with E-state index in [1.807, 2.05) is 13.0 Å². The first-order valence-electron chi connectivity index (χ1n) is 5.33. The first kappa shape index (κ1) is 13.0. The van der Waals surface area contributed by atoms with Crippen LogP contribution in [0.5, 0.6) is 5.75 Å². The monoisotopic (exact) mass is 233 g/mol. The van der Waals surface area contributed by atoms with Gasteiger partial charge in [0.25, 0.3) is 0 Å². The number of rotatable bonds is 4. The highest BCUT2D eigenvalue weighted by molar-refractivity contribution is 5.75. The van der Waals surface area contributed by atoms with Gasteiger partial charge in [0.15, 0.2) is 0 Å². The van der Waals surface area contributed by atoms with Crippen LogP contribution in [0, 0.1) is 11.3 Å². The van der Waals surface area contributed by atoms with Crippen LogP contribution in [-0.2, 0) is 22.4 Å². The Labute approximate surface area is 101 Å². The average molecular weight is 233 g/mol. The summed E-state index contributed by atoms with van der Waals surface area (Å²) in [4.78, 5) is 11.3. The Morgan fingerprint density at radius 2 is 2.12 bits per heavy atom. The van der Waals surface area contributed by atoms with Crippen molar-refractivity contribution >= 4 is 5.97 Å². The number of hydrogen-bond donors (Lipinski definition) is 0. The molecule has 0 saturated carbocycles. The molecule has 90 valence electrons. The van der Waals surface area contributed by atoms with Crippen LogP contribution in [0.4, 0.5) is 0 Å². The first-order chi connectivity index (χ1) is 8.17. The van der Waals surface area contributed by atoms with Crippen molar-refractivity contribution in [2.24, 2.45) is 0 Å². The third-order valence-corrected chi connectivity index (χ3v) is 2.60. The van der Waals surface area contributed by atoms with Crippen molar-refractivity contribution in [2.45, 2.75) is 19.8 Å². The summed E-state index contributed by atoms with van der Waals surface area (Å²) in [6.45, 7) is 1.99. The predicted molar refractivity (Wildman–Crippen MR) is 62.8 cm³/mol. The van der Waals surface area contributed by atoms with E-state index < -0.39 is 0 Å². The van der Waals surface area contributed by atoms with Gasteiger partial charge in [-0.25, -0.2) is 0 Å². The molecule has 0 aliphatic heterocycles. The molecule has 0 bridgehead atoms. The molecular weight excluding hydrogens is 218 g/mol.